The van der Waals surface area contributed by atoms with E-state index in [2.05, 4.69) is 20.2 Å². The van der Waals surface area contributed by atoms with Crippen LogP contribution in [0.15, 0.2) is 54.6 Å². The maximum absolute atomic E-state index is 12.8. The zero-order chi connectivity index (χ0) is 23.6. The summed E-state index contributed by atoms with van der Waals surface area (Å²) in [7, 11) is 0. The molecular weight excluding hydrogens is 431 g/mol. The van der Waals surface area contributed by atoms with Gasteiger partial charge in [0.15, 0.2) is 0 Å². The second kappa shape index (κ2) is 9.09. The Bertz CT molecular complexity index is 1120. The van der Waals surface area contributed by atoms with Gasteiger partial charge in [0, 0.05) is 43.5 Å². The van der Waals surface area contributed by atoms with E-state index >= 15 is 0 Å². The highest BCUT2D eigenvalue weighted by molar-refractivity contribution is 5.94. The molecular formula is C24H24F3N5O. The molecule has 0 atom stereocenters. The predicted molar refractivity (Wildman–Crippen MR) is 121 cm³/mol. The molecule has 0 aliphatic carbocycles. The van der Waals surface area contributed by atoms with E-state index in [4.69, 9.17) is 0 Å². The molecule has 1 aromatic heterocycles. The SMILES string of the molecule is Cc1ccc(Nc2cc(N3CCN(C(=O)c4ccc(C(F)(F)F)cc4)CC3)nc(C)n2)cc1. The van der Waals surface area contributed by atoms with E-state index in [9.17, 15) is 18.0 Å². The number of carbonyl (C=O) groups is 1. The van der Waals surface area contributed by atoms with E-state index in [0.29, 0.717) is 37.8 Å². The van der Waals surface area contributed by atoms with Crippen LogP contribution in [0.4, 0.5) is 30.5 Å². The van der Waals surface area contributed by atoms with E-state index in [1.54, 1.807) is 4.90 Å². The number of aryl methyl sites for hydroxylation is 2. The molecule has 0 unspecified atom stereocenters. The number of alkyl halides is 3. The van der Waals surface area contributed by atoms with E-state index in [1.165, 1.54) is 17.7 Å². The van der Waals surface area contributed by atoms with Crippen molar-refractivity contribution in [2.75, 3.05) is 36.4 Å². The molecule has 2 heterocycles. The van der Waals surface area contributed by atoms with Crippen LogP contribution >= 0.6 is 0 Å². The smallest absolute Gasteiger partial charge is 0.353 e. The minimum absolute atomic E-state index is 0.249. The molecule has 1 fully saturated rings. The highest BCUT2D eigenvalue weighted by Gasteiger charge is 2.31. The highest BCUT2D eigenvalue weighted by atomic mass is 19.4. The largest absolute Gasteiger partial charge is 0.416 e. The first-order valence-electron chi connectivity index (χ1n) is 10.6. The monoisotopic (exact) mass is 455 g/mol. The zero-order valence-electron chi connectivity index (χ0n) is 18.4. The maximum atomic E-state index is 12.8. The van der Waals surface area contributed by atoms with Gasteiger partial charge < -0.3 is 15.1 Å². The van der Waals surface area contributed by atoms with E-state index in [0.717, 1.165) is 23.6 Å². The molecule has 33 heavy (non-hydrogen) atoms. The van der Waals surface area contributed by atoms with E-state index in [-0.39, 0.29) is 11.5 Å². The summed E-state index contributed by atoms with van der Waals surface area (Å²) >= 11 is 0. The van der Waals surface area contributed by atoms with Crippen LogP contribution in [0, 0.1) is 13.8 Å². The third-order valence-electron chi connectivity index (χ3n) is 5.50. The van der Waals surface area contributed by atoms with Crippen molar-refractivity contribution >= 4 is 23.2 Å². The summed E-state index contributed by atoms with van der Waals surface area (Å²) in [6, 6.07) is 14.2. The van der Waals surface area contributed by atoms with Gasteiger partial charge in [-0.05, 0) is 50.2 Å². The number of hydrogen-bond acceptors (Lipinski definition) is 5. The van der Waals surface area contributed by atoms with Gasteiger partial charge in [0.25, 0.3) is 5.91 Å². The fourth-order valence-electron chi connectivity index (χ4n) is 3.69. The van der Waals surface area contributed by atoms with Crippen LogP contribution in [-0.2, 0) is 6.18 Å². The third-order valence-corrected chi connectivity index (χ3v) is 5.50. The lowest BCUT2D eigenvalue weighted by Gasteiger charge is -2.35. The Morgan fingerprint density at radius 1 is 0.909 bits per heavy atom. The molecule has 1 N–H and O–H groups in total. The number of nitrogens with zero attached hydrogens (tertiary/aromatic N) is 4. The maximum Gasteiger partial charge on any atom is 0.416 e. The lowest BCUT2D eigenvalue weighted by molar-refractivity contribution is -0.137. The number of nitrogens with one attached hydrogen (secondary N) is 1. The fourth-order valence-corrected chi connectivity index (χ4v) is 3.69. The molecule has 4 rings (SSSR count). The van der Waals surface area contributed by atoms with Crippen LogP contribution in [0.3, 0.4) is 0 Å². The zero-order valence-corrected chi connectivity index (χ0v) is 18.4. The Morgan fingerprint density at radius 3 is 2.15 bits per heavy atom. The summed E-state index contributed by atoms with van der Waals surface area (Å²) in [5, 5.41) is 3.29. The summed E-state index contributed by atoms with van der Waals surface area (Å²) in [4.78, 5) is 25.5. The van der Waals surface area contributed by atoms with Gasteiger partial charge in [-0.25, -0.2) is 9.97 Å². The lowest BCUT2D eigenvalue weighted by atomic mass is 10.1. The Kier molecular flexibility index (Phi) is 6.22. The number of anilines is 3. The quantitative estimate of drug-likeness (QED) is 0.611. The van der Waals surface area contributed by atoms with Gasteiger partial charge in [0.2, 0.25) is 0 Å². The molecule has 1 saturated heterocycles. The summed E-state index contributed by atoms with van der Waals surface area (Å²) in [5.41, 5.74) is 1.58. The number of benzene rings is 2. The molecule has 172 valence electrons. The first-order chi connectivity index (χ1) is 15.7. The molecule has 1 amide bonds. The highest BCUT2D eigenvalue weighted by Crippen LogP contribution is 2.29. The topological polar surface area (TPSA) is 61.4 Å². The number of amides is 1. The number of hydrogen-bond donors (Lipinski definition) is 1. The van der Waals surface area contributed by atoms with Crippen molar-refractivity contribution in [3.05, 3.63) is 77.1 Å². The Morgan fingerprint density at radius 2 is 1.55 bits per heavy atom. The minimum atomic E-state index is -4.42. The standard InChI is InChI=1S/C24H24F3N5O/c1-16-3-9-20(10-4-16)30-21-15-22(29-17(2)28-21)31-11-13-32(14-12-31)23(33)18-5-7-19(8-6-18)24(25,26)27/h3-10,15H,11-14H2,1-2H3,(H,28,29,30). The van der Waals surface area contributed by atoms with Crippen molar-refractivity contribution in [1.82, 2.24) is 14.9 Å². The van der Waals surface area contributed by atoms with Crippen LogP contribution in [0.1, 0.15) is 27.3 Å². The second-order valence-electron chi connectivity index (χ2n) is 8.00. The number of aromatic nitrogens is 2. The molecule has 1 aliphatic heterocycles. The van der Waals surface area contributed by atoms with Crippen molar-refractivity contribution in [3.63, 3.8) is 0 Å². The first-order valence-corrected chi connectivity index (χ1v) is 10.6. The molecule has 3 aromatic rings. The Labute approximate surface area is 190 Å². The lowest BCUT2D eigenvalue weighted by Crippen LogP contribution is -2.49. The van der Waals surface area contributed by atoms with Crippen LogP contribution in [0.25, 0.3) is 0 Å². The molecule has 2 aromatic carbocycles. The van der Waals surface area contributed by atoms with Gasteiger partial charge in [0.1, 0.15) is 17.5 Å². The summed E-state index contributed by atoms with van der Waals surface area (Å²) < 4.78 is 38.3. The van der Waals surface area contributed by atoms with Gasteiger partial charge >= 0.3 is 6.18 Å². The van der Waals surface area contributed by atoms with Gasteiger partial charge in [-0.15, -0.1) is 0 Å². The average Bonchev–Trinajstić information content (AvgIpc) is 2.79. The molecule has 6 nitrogen and oxygen atoms in total. The third kappa shape index (κ3) is 5.42. The second-order valence-corrected chi connectivity index (χ2v) is 8.00. The van der Waals surface area contributed by atoms with Gasteiger partial charge in [-0.1, -0.05) is 17.7 Å². The summed E-state index contributed by atoms with van der Waals surface area (Å²) in [6.07, 6.45) is -4.42. The summed E-state index contributed by atoms with van der Waals surface area (Å²) in [6.45, 7) is 5.87. The van der Waals surface area contributed by atoms with Gasteiger partial charge in [-0.2, -0.15) is 13.2 Å². The van der Waals surface area contributed by atoms with Crippen LogP contribution in [0.5, 0.6) is 0 Å². The van der Waals surface area contributed by atoms with Crippen LogP contribution < -0.4 is 10.2 Å². The number of carbonyl (C=O) groups excluding carboxylic acids is 1. The average molecular weight is 455 g/mol. The number of halogens is 3. The van der Waals surface area contributed by atoms with Crippen molar-refractivity contribution in [2.24, 2.45) is 0 Å². The van der Waals surface area contributed by atoms with Crippen LogP contribution in [-0.4, -0.2) is 47.0 Å². The number of rotatable bonds is 4. The van der Waals surface area contributed by atoms with Crippen molar-refractivity contribution in [2.45, 2.75) is 20.0 Å². The van der Waals surface area contributed by atoms with Gasteiger partial charge in [-0.3, -0.25) is 4.79 Å². The Hall–Kier alpha value is -3.62. The molecule has 9 heteroatoms. The molecule has 1 aliphatic rings. The number of piperazine rings is 1. The Balaban J connectivity index is 1.40. The molecule has 0 bridgehead atoms. The summed E-state index contributed by atoms with van der Waals surface area (Å²) in [5.74, 6) is 1.80. The molecule has 0 spiro atoms. The van der Waals surface area contributed by atoms with Crippen molar-refractivity contribution < 1.29 is 18.0 Å². The van der Waals surface area contributed by atoms with Crippen molar-refractivity contribution in [3.8, 4) is 0 Å². The molecule has 0 radical (unpaired) electrons. The normalized spacial score (nSPS) is 14.3. The minimum Gasteiger partial charge on any atom is -0.353 e. The fraction of sp³-hybridized carbons (Fsp3) is 0.292. The molecule has 0 saturated carbocycles. The van der Waals surface area contributed by atoms with Crippen molar-refractivity contribution in [1.29, 1.82) is 0 Å². The van der Waals surface area contributed by atoms with E-state index < -0.39 is 11.7 Å². The van der Waals surface area contributed by atoms with Crippen LogP contribution in [0.2, 0.25) is 0 Å². The van der Waals surface area contributed by atoms with E-state index in [1.807, 2.05) is 44.2 Å². The predicted octanol–water partition coefficient (Wildman–Crippen LogP) is 4.82. The first kappa shape index (κ1) is 22.6. The van der Waals surface area contributed by atoms with Gasteiger partial charge in [0.05, 0.1) is 5.56 Å².